The molecule has 74 valence electrons. The maximum Gasteiger partial charge on any atom is 0.276 e. The highest BCUT2D eigenvalue weighted by molar-refractivity contribution is 9.10. The van der Waals surface area contributed by atoms with Gasteiger partial charge in [0.1, 0.15) is 0 Å². The van der Waals surface area contributed by atoms with Crippen molar-refractivity contribution >= 4 is 27.9 Å². The van der Waals surface area contributed by atoms with Crippen LogP contribution in [0.25, 0.3) is 0 Å². The van der Waals surface area contributed by atoms with Crippen LogP contribution in [0.15, 0.2) is 16.6 Å². The lowest BCUT2D eigenvalue weighted by Gasteiger charge is -2.03. The van der Waals surface area contributed by atoms with Crippen LogP contribution < -0.4 is 0 Å². The van der Waals surface area contributed by atoms with Gasteiger partial charge >= 0.3 is 0 Å². The largest absolute Gasteiger partial charge is 0.391 e. The number of nitrogens with zero attached hydrogens (tertiary/aromatic N) is 1. The topological polar surface area (TPSA) is 80.4 Å². The molecule has 0 heterocycles. The second kappa shape index (κ2) is 4.30. The molecule has 6 heteroatoms. The Morgan fingerprint density at radius 1 is 1.57 bits per heavy atom. The molecule has 0 unspecified atom stereocenters. The van der Waals surface area contributed by atoms with Crippen molar-refractivity contribution in [3.63, 3.8) is 0 Å². The lowest BCUT2D eigenvalue weighted by atomic mass is 10.1. The Morgan fingerprint density at radius 3 is 2.64 bits per heavy atom. The molecule has 0 aliphatic rings. The number of aliphatic hydroxyl groups is 1. The molecule has 1 aromatic carbocycles. The number of benzene rings is 1. The van der Waals surface area contributed by atoms with Crippen LogP contribution in [0.2, 0.25) is 0 Å². The van der Waals surface area contributed by atoms with Gasteiger partial charge in [-0.15, -0.1) is 0 Å². The Kier molecular flexibility index (Phi) is 3.32. The van der Waals surface area contributed by atoms with E-state index < -0.39 is 11.5 Å². The minimum absolute atomic E-state index is 0.111. The highest BCUT2D eigenvalue weighted by Crippen LogP contribution is 2.29. The van der Waals surface area contributed by atoms with Crippen LogP contribution in [0.1, 0.15) is 15.9 Å². The van der Waals surface area contributed by atoms with Crippen LogP contribution in [-0.4, -0.2) is 16.3 Å². The number of nitro benzene ring substituents is 1. The minimum atomic E-state index is -0.606. The summed E-state index contributed by atoms with van der Waals surface area (Å²) >= 11 is 3.03. The van der Waals surface area contributed by atoms with E-state index in [1.54, 1.807) is 0 Å². The summed E-state index contributed by atoms with van der Waals surface area (Å²) < 4.78 is 0.268. The number of hydrogen-bond donors (Lipinski definition) is 1. The second-order valence-corrected chi connectivity index (χ2v) is 3.29. The normalized spacial score (nSPS) is 9.86. The number of nitro groups is 1. The van der Waals surface area contributed by atoms with Crippen LogP contribution in [0.4, 0.5) is 5.69 Å². The average Bonchev–Trinajstić information content (AvgIpc) is 2.17. The zero-order valence-corrected chi connectivity index (χ0v) is 8.52. The zero-order chi connectivity index (χ0) is 10.7. The van der Waals surface area contributed by atoms with Crippen LogP contribution in [0, 0.1) is 10.1 Å². The highest BCUT2D eigenvalue weighted by Gasteiger charge is 2.18. The predicted octanol–water partition coefficient (Wildman–Crippen LogP) is 1.66. The van der Waals surface area contributed by atoms with E-state index in [1.807, 2.05) is 0 Å². The predicted molar refractivity (Wildman–Crippen MR) is 52.1 cm³/mol. The van der Waals surface area contributed by atoms with E-state index >= 15 is 0 Å². The molecule has 14 heavy (non-hydrogen) atoms. The molecule has 0 saturated carbocycles. The minimum Gasteiger partial charge on any atom is -0.391 e. The summed E-state index contributed by atoms with van der Waals surface area (Å²) in [6.07, 6.45) is 0.562. The van der Waals surface area contributed by atoms with Crippen molar-refractivity contribution in [3.8, 4) is 0 Å². The van der Waals surface area contributed by atoms with Gasteiger partial charge in [-0.2, -0.15) is 0 Å². The fourth-order valence-corrected chi connectivity index (χ4v) is 1.60. The average molecular weight is 260 g/mol. The molecule has 1 N–H and O–H groups in total. The zero-order valence-electron chi connectivity index (χ0n) is 6.94. The third kappa shape index (κ3) is 1.80. The molecule has 0 bridgehead atoms. The molecule has 5 nitrogen and oxygen atoms in total. The standard InChI is InChI=1S/C8H6BrNO4/c9-8-5(3-11)1-2-7(10(13)14)6(8)4-12/h1-3,12H,4H2. The monoisotopic (exact) mass is 259 g/mol. The first-order chi connectivity index (χ1) is 6.61. The van der Waals surface area contributed by atoms with Crippen molar-refractivity contribution in [2.24, 2.45) is 0 Å². The second-order valence-electron chi connectivity index (χ2n) is 2.50. The van der Waals surface area contributed by atoms with Crippen molar-refractivity contribution < 1.29 is 14.8 Å². The fraction of sp³-hybridized carbons (Fsp3) is 0.125. The first kappa shape index (κ1) is 10.8. The smallest absolute Gasteiger partial charge is 0.276 e. The van der Waals surface area contributed by atoms with Gasteiger partial charge in [0.05, 0.1) is 17.1 Å². The van der Waals surface area contributed by atoms with Gasteiger partial charge in [-0.25, -0.2) is 0 Å². The molecular formula is C8H6BrNO4. The molecule has 0 atom stereocenters. The molecule has 0 radical (unpaired) electrons. The quantitative estimate of drug-likeness (QED) is 0.509. The Bertz CT molecular complexity index is 391. The number of carbonyl (C=O) groups excluding carboxylic acids is 1. The van der Waals surface area contributed by atoms with E-state index in [9.17, 15) is 14.9 Å². The summed E-state index contributed by atoms with van der Waals surface area (Å²) in [5.41, 5.74) is 0.184. The van der Waals surface area contributed by atoms with E-state index in [4.69, 9.17) is 5.11 Å². The third-order valence-corrected chi connectivity index (χ3v) is 2.67. The number of aldehydes is 1. The number of hydrogen-bond acceptors (Lipinski definition) is 4. The van der Waals surface area contributed by atoms with Gasteiger partial charge in [0.2, 0.25) is 0 Å². The van der Waals surface area contributed by atoms with Crippen LogP contribution >= 0.6 is 15.9 Å². The molecule has 1 aromatic rings. The lowest BCUT2D eigenvalue weighted by Crippen LogP contribution is -1.98. The van der Waals surface area contributed by atoms with Crippen molar-refractivity contribution in [2.45, 2.75) is 6.61 Å². The Balaban J connectivity index is 3.43. The Hall–Kier alpha value is -1.27. The molecule has 0 spiro atoms. The number of rotatable bonds is 3. The first-order valence-corrected chi connectivity index (χ1v) is 4.43. The van der Waals surface area contributed by atoms with Crippen molar-refractivity contribution in [3.05, 3.63) is 37.8 Å². The first-order valence-electron chi connectivity index (χ1n) is 3.63. The highest BCUT2D eigenvalue weighted by atomic mass is 79.9. The van der Waals surface area contributed by atoms with Gasteiger partial charge < -0.3 is 5.11 Å². The molecule has 0 aliphatic heterocycles. The molecule has 0 amide bonds. The Labute approximate surface area is 87.6 Å². The maximum atomic E-state index is 10.5. The third-order valence-electron chi connectivity index (χ3n) is 1.73. The van der Waals surface area contributed by atoms with E-state index in [0.717, 1.165) is 0 Å². The van der Waals surface area contributed by atoms with Gasteiger partial charge in [-0.1, -0.05) is 0 Å². The SMILES string of the molecule is O=Cc1ccc([N+](=O)[O-])c(CO)c1Br. The summed E-state index contributed by atoms with van der Waals surface area (Å²) in [7, 11) is 0. The number of carbonyl (C=O) groups is 1. The fourth-order valence-electron chi connectivity index (χ4n) is 1.04. The summed E-state index contributed by atoms with van der Waals surface area (Å²) in [4.78, 5) is 20.4. The van der Waals surface area contributed by atoms with E-state index in [1.165, 1.54) is 12.1 Å². The summed E-state index contributed by atoms with van der Waals surface area (Å²) in [5.74, 6) is 0. The maximum absolute atomic E-state index is 10.5. The summed E-state index contributed by atoms with van der Waals surface area (Å²) in [6.45, 7) is -0.488. The van der Waals surface area contributed by atoms with Crippen molar-refractivity contribution in [1.82, 2.24) is 0 Å². The summed E-state index contributed by atoms with van der Waals surface area (Å²) in [6, 6.07) is 2.52. The molecule has 0 aliphatic carbocycles. The molecule has 0 aromatic heterocycles. The van der Waals surface area contributed by atoms with E-state index in [2.05, 4.69) is 15.9 Å². The lowest BCUT2D eigenvalue weighted by molar-refractivity contribution is -0.385. The molecule has 0 saturated heterocycles. The van der Waals surface area contributed by atoms with Gasteiger partial charge in [0, 0.05) is 16.1 Å². The Morgan fingerprint density at radius 2 is 2.21 bits per heavy atom. The van der Waals surface area contributed by atoms with Gasteiger partial charge in [-0.05, 0) is 22.0 Å². The van der Waals surface area contributed by atoms with E-state index in [0.29, 0.717) is 6.29 Å². The van der Waals surface area contributed by atoms with E-state index in [-0.39, 0.29) is 21.3 Å². The molecular weight excluding hydrogens is 254 g/mol. The molecule has 0 fully saturated rings. The van der Waals surface area contributed by atoms with Gasteiger partial charge in [0.15, 0.2) is 6.29 Å². The van der Waals surface area contributed by atoms with Crippen LogP contribution in [-0.2, 0) is 6.61 Å². The molecule has 1 rings (SSSR count). The number of aliphatic hydroxyl groups excluding tert-OH is 1. The van der Waals surface area contributed by atoms with Crippen molar-refractivity contribution in [2.75, 3.05) is 0 Å². The van der Waals surface area contributed by atoms with Crippen molar-refractivity contribution in [1.29, 1.82) is 0 Å². The summed E-state index contributed by atoms with van der Waals surface area (Å²) in [5, 5.41) is 19.4. The van der Waals surface area contributed by atoms with Gasteiger partial charge in [0.25, 0.3) is 5.69 Å². The van der Waals surface area contributed by atoms with Gasteiger partial charge in [-0.3, -0.25) is 14.9 Å². The van der Waals surface area contributed by atoms with Crippen LogP contribution in [0.3, 0.4) is 0 Å². The number of halogens is 1. The van der Waals surface area contributed by atoms with Crippen LogP contribution in [0.5, 0.6) is 0 Å².